The summed E-state index contributed by atoms with van der Waals surface area (Å²) < 4.78 is 0. The lowest BCUT2D eigenvalue weighted by atomic mass is 10.1. The van der Waals surface area contributed by atoms with Gasteiger partial charge in [-0.1, -0.05) is 31.9 Å². The molecule has 0 aliphatic heterocycles. The first kappa shape index (κ1) is 16.4. The van der Waals surface area contributed by atoms with Gasteiger partial charge in [0, 0.05) is 17.0 Å². The van der Waals surface area contributed by atoms with Gasteiger partial charge in [-0.15, -0.1) is 11.8 Å². The summed E-state index contributed by atoms with van der Waals surface area (Å²) in [6.45, 7) is 5.24. The first-order chi connectivity index (χ1) is 10.2. The number of rotatable bonds is 7. The lowest BCUT2D eigenvalue weighted by Crippen LogP contribution is -2.33. The van der Waals surface area contributed by atoms with Gasteiger partial charge >= 0.3 is 0 Å². The molecule has 0 radical (unpaired) electrons. The van der Waals surface area contributed by atoms with Crippen LogP contribution < -0.4 is 10.6 Å². The topological polar surface area (TPSA) is 41.1 Å². The second kappa shape index (κ2) is 8.44. The zero-order valence-corrected chi connectivity index (χ0v) is 13.8. The van der Waals surface area contributed by atoms with Gasteiger partial charge in [-0.2, -0.15) is 0 Å². The lowest BCUT2D eigenvalue weighted by Gasteiger charge is -2.14. The van der Waals surface area contributed by atoms with Crippen molar-refractivity contribution in [1.82, 2.24) is 10.6 Å². The van der Waals surface area contributed by atoms with Gasteiger partial charge in [-0.3, -0.25) is 4.79 Å². The van der Waals surface area contributed by atoms with Crippen molar-refractivity contribution in [3.05, 3.63) is 29.8 Å². The number of hydrogen-bond donors (Lipinski definition) is 2. The van der Waals surface area contributed by atoms with Crippen molar-refractivity contribution in [2.75, 3.05) is 12.3 Å². The molecule has 0 heterocycles. The highest BCUT2D eigenvalue weighted by molar-refractivity contribution is 8.00. The zero-order chi connectivity index (χ0) is 15.1. The van der Waals surface area contributed by atoms with Crippen molar-refractivity contribution in [3.63, 3.8) is 0 Å². The van der Waals surface area contributed by atoms with Crippen molar-refractivity contribution in [2.24, 2.45) is 0 Å². The Bertz CT molecular complexity index is 458. The fourth-order valence-corrected chi connectivity index (χ4v) is 3.56. The third-order valence-corrected chi connectivity index (χ3v) is 4.95. The van der Waals surface area contributed by atoms with Crippen LogP contribution in [0.2, 0.25) is 0 Å². The molecule has 2 rings (SSSR count). The van der Waals surface area contributed by atoms with Gasteiger partial charge in [0.15, 0.2) is 0 Å². The molecular formula is C17H26N2OS. The molecule has 3 nitrogen and oxygen atoms in total. The molecular weight excluding hydrogens is 280 g/mol. The maximum atomic E-state index is 11.9. The number of carbonyl (C=O) groups excluding carboxylic acids is 1. The summed E-state index contributed by atoms with van der Waals surface area (Å²) in [6.07, 6.45) is 4.79. The second-order valence-electron chi connectivity index (χ2n) is 5.69. The molecule has 0 bridgehead atoms. The quantitative estimate of drug-likeness (QED) is 0.758. The summed E-state index contributed by atoms with van der Waals surface area (Å²) in [7, 11) is 0. The summed E-state index contributed by atoms with van der Waals surface area (Å²) in [5.74, 6) is 0.673. The van der Waals surface area contributed by atoms with Crippen molar-refractivity contribution in [1.29, 1.82) is 0 Å². The predicted molar refractivity (Wildman–Crippen MR) is 89.7 cm³/mol. The van der Waals surface area contributed by atoms with Crippen LogP contribution in [0.15, 0.2) is 29.2 Å². The molecule has 0 saturated heterocycles. The zero-order valence-electron chi connectivity index (χ0n) is 13.0. The Labute approximate surface area is 132 Å². The van der Waals surface area contributed by atoms with Crippen LogP contribution in [0.1, 0.15) is 51.1 Å². The van der Waals surface area contributed by atoms with Crippen LogP contribution in [-0.4, -0.2) is 24.2 Å². The standard InChI is InChI=1S/C17H26N2OS/c1-3-18-13(2)14-7-6-10-16(11-14)21-12-17(20)19-15-8-4-5-9-15/h6-7,10-11,13,15,18H,3-5,8-9,12H2,1-2H3,(H,19,20). The Hall–Kier alpha value is -1.00. The van der Waals surface area contributed by atoms with E-state index in [0.29, 0.717) is 17.8 Å². The van der Waals surface area contributed by atoms with E-state index in [4.69, 9.17) is 0 Å². The van der Waals surface area contributed by atoms with Crippen molar-refractivity contribution < 1.29 is 4.79 Å². The van der Waals surface area contributed by atoms with Gasteiger partial charge in [0.05, 0.1) is 5.75 Å². The number of nitrogens with one attached hydrogen (secondary N) is 2. The molecule has 1 fully saturated rings. The molecule has 0 spiro atoms. The molecule has 1 amide bonds. The summed E-state index contributed by atoms with van der Waals surface area (Å²) in [4.78, 5) is 13.1. The van der Waals surface area contributed by atoms with Crippen molar-refractivity contribution in [2.45, 2.75) is 56.5 Å². The van der Waals surface area contributed by atoms with E-state index in [1.54, 1.807) is 11.8 Å². The van der Waals surface area contributed by atoms with Crippen LogP contribution in [0.5, 0.6) is 0 Å². The van der Waals surface area contributed by atoms with E-state index < -0.39 is 0 Å². The van der Waals surface area contributed by atoms with E-state index in [1.807, 2.05) is 0 Å². The third kappa shape index (κ3) is 5.36. The summed E-state index contributed by atoms with van der Waals surface area (Å²) >= 11 is 1.62. The average molecular weight is 306 g/mol. The molecule has 116 valence electrons. The maximum absolute atomic E-state index is 11.9. The van der Waals surface area contributed by atoms with Crippen LogP contribution in [0, 0.1) is 0 Å². The third-order valence-electron chi connectivity index (χ3n) is 3.96. The smallest absolute Gasteiger partial charge is 0.230 e. The molecule has 1 aromatic rings. The minimum atomic E-state index is 0.164. The monoisotopic (exact) mass is 306 g/mol. The van der Waals surface area contributed by atoms with Crippen molar-refractivity contribution >= 4 is 17.7 Å². The van der Waals surface area contributed by atoms with Crippen LogP contribution in [0.4, 0.5) is 0 Å². The maximum Gasteiger partial charge on any atom is 0.230 e. The largest absolute Gasteiger partial charge is 0.353 e. The molecule has 1 aromatic carbocycles. The molecule has 1 unspecified atom stereocenters. The normalized spacial score (nSPS) is 16.9. The minimum Gasteiger partial charge on any atom is -0.353 e. The van der Waals surface area contributed by atoms with Gasteiger partial charge in [-0.25, -0.2) is 0 Å². The van der Waals surface area contributed by atoms with E-state index in [1.165, 1.54) is 23.3 Å². The highest BCUT2D eigenvalue weighted by atomic mass is 32.2. The molecule has 1 aliphatic carbocycles. The van der Waals surface area contributed by atoms with Gasteiger partial charge in [0.2, 0.25) is 5.91 Å². The van der Waals surface area contributed by atoms with E-state index in [9.17, 15) is 4.79 Å². The SMILES string of the molecule is CCNC(C)c1cccc(SCC(=O)NC2CCCC2)c1. The lowest BCUT2D eigenvalue weighted by molar-refractivity contribution is -0.119. The molecule has 21 heavy (non-hydrogen) atoms. The molecule has 1 atom stereocenters. The van der Waals surface area contributed by atoms with Gasteiger partial charge < -0.3 is 10.6 Å². The first-order valence-electron chi connectivity index (χ1n) is 7.94. The van der Waals surface area contributed by atoms with Gasteiger partial charge in [-0.05, 0) is 44.0 Å². The number of amides is 1. The summed E-state index contributed by atoms with van der Waals surface area (Å²) in [6, 6.07) is 9.23. The fraction of sp³-hybridized carbons (Fsp3) is 0.588. The van der Waals surface area contributed by atoms with Crippen LogP contribution in [0.3, 0.4) is 0 Å². The molecule has 1 aliphatic rings. The second-order valence-corrected chi connectivity index (χ2v) is 6.74. The summed E-state index contributed by atoms with van der Waals surface area (Å²) in [5, 5.41) is 6.55. The van der Waals surface area contributed by atoms with Crippen LogP contribution in [0.25, 0.3) is 0 Å². The van der Waals surface area contributed by atoms with Crippen LogP contribution in [-0.2, 0) is 4.79 Å². The van der Waals surface area contributed by atoms with E-state index in [-0.39, 0.29) is 5.91 Å². The fourth-order valence-electron chi connectivity index (χ4n) is 2.79. The number of thioether (sulfide) groups is 1. The summed E-state index contributed by atoms with van der Waals surface area (Å²) in [5.41, 5.74) is 1.28. The molecule has 4 heteroatoms. The number of carbonyl (C=O) groups is 1. The van der Waals surface area contributed by atoms with E-state index >= 15 is 0 Å². The Morgan fingerprint density at radius 2 is 2.14 bits per heavy atom. The minimum absolute atomic E-state index is 0.164. The average Bonchev–Trinajstić information content (AvgIpc) is 2.98. The Morgan fingerprint density at radius 1 is 1.38 bits per heavy atom. The predicted octanol–water partition coefficient (Wildman–Crippen LogP) is 3.51. The number of hydrogen-bond acceptors (Lipinski definition) is 3. The molecule has 1 saturated carbocycles. The highest BCUT2D eigenvalue weighted by Crippen LogP contribution is 2.23. The Balaban J connectivity index is 1.82. The van der Waals surface area contributed by atoms with Crippen LogP contribution >= 0.6 is 11.8 Å². The van der Waals surface area contributed by atoms with E-state index in [2.05, 4.69) is 48.7 Å². The Morgan fingerprint density at radius 3 is 2.86 bits per heavy atom. The first-order valence-corrected chi connectivity index (χ1v) is 8.93. The van der Waals surface area contributed by atoms with E-state index in [0.717, 1.165) is 19.4 Å². The Kier molecular flexibility index (Phi) is 6.58. The highest BCUT2D eigenvalue weighted by Gasteiger charge is 2.17. The number of benzene rings is 1. The van der Waals surface area contributed by atoms with Crippen molar-refractivity contribution in [3.8, 4) is 0 Å². The molecule has 2 N–H and O–H groups in total. The van der Waals surface area contributed by atoms with Gasteiger partial charge in [0.25, 0.3) is 0 Å². The van der Waals surface area contributed by atoms with Gasteiger partial charge in [0.1, 0.15) is 0 Å². The molecule has 0 aromatic heterocycles.